The molecule has 0 saturated heterocycles. The number of nitrogens with zero attached hydrogens (tertiary/aromatic N) is 1. The molecule has 0 unspecified atom stereocenters. The second-order valence-electron chi connectivity index (χ2n) is 13.2. The Labute approximate surface area is 334 Å². The largest absolute Gasteiger partial charge is 0.453 e. The smallest absolute Gasteiger partial charge is 0.445 e. The number of nitrogens with one attached hydrogen (secondary N) is 2. The van der Waals surface area contributed by atoms with E-state index in [1.165, 1.54) is 4.90 Å². The van der Waals surface area contributed by atoms with Crippen LogP contribution in [0.4, 0.5) is 4.79 Å². The molecule has 4 rings (SSSR count). The van der Waals surface area contributed by atoms with E-state index >= 15 is 4.57 Å². The van der Waals surface area contributed by atoms with Crippen LogP contribution in [0, 0.1) is 5.92 Å². The van der Waals surface area contributed by atoms with E-state index in [1.54, 1.807) is 47.8 Å². The van der Waals surface area contributed by atoms with E-state index in [1.807, 2.05) is 118 Å². The molecule has 0 aliphatic rings. The van der Waals surface area contributed by atoms with Crippen LogP contribution in [0.25, 0.3) is 0 Å². The molecule has 3 amide bonds. The Bertz CT molecular complexity index is 1780. The zero-order valence-electron chi connectivity index (χ0n) is 32.1. The van der Waals surface area contributed by atoms with Crippen molar-refractivity contribution in [2.24, 2.45) is 5.92 Å². The Balaban J connectivity index is 1.63. The molecule has 294 valence electrons. The fraction of sp³-hybridized carbons (Fsp3) is 0.357. The number of hydrogen-bond donors (Lipinski definition) is 2. The molecule has 13 heteroatoms. The second-order valence-corrected chi connectivity index (χ2v) is 16.9. The van der Waals surface area contributed by atoms with Crippen molar-refractivity contribution in [3.63, 3.8) is 0 Å². The number of carbonyl (C=O) groups excluding carboxylic acids is 3. The second kappa shape index (κ2) is 22.2. The molecule has 0 aromatic heterocycles. The molecule has 0 aliphatic carbocycles. The lowest BCUT2D eigenvalue weighted by molar-refractivity contribution is -0.140. The van der Waals surface area contributed by atoms with Crippen molar-refractivity contribution >= 4 is 49.0 Å². The van der Waals surface area contributed by atoms with Crippen LogP contribution in [-0.2, 0) is 31.9 Å². The van der Waals surface area contributed by atoms with Gasteiger partial charge in [-0.25, -0.2) is 9.36 Å². The minimum Gasteiger partial charge on any atom is -0.445 e. The SMILES string of the molecule is CCCCN(C(=O)CNC(=O)OCc1ccccc1)[C@@H](CCc1ccccc1)C(=O)N[C@H](C(C)C)P(=O)(Oc1ccc(SC)cc1)Oc1ccc(SC)cc1. The van der Waals surface area contributed by atoms with Crippen molar-refractivity contribution in [1.82, 2.24) is 15.5 Å². The summed E-state index contributed by atoms with van der Waals surface area (Å²) in [6, 6.07) is 32.3. The van der Waals surface area contributed by atoms with Crippen LogP contribution in [0.3, 0.4) is 0 Å². The average molecular weight is 806 g/mol. The predicted octanol–water partition coefficient (Wildman–Crippen LogP) is 9.44. The van der Waals surface area contributed by atoms with Crippen LogP contribution in [0.1, 0.15) is 51.2 Å². The van der Waals surface area contributed by atoms with Gasteiger partial charge in [-0.05, 0) is 97.3 Å². The highest BCUT2D eigenvalue weighted by Gasteiger charge is 2.44. The van der Waals surface area contributed by atoms with Crippen molar-refractivity contribution in [3.05, 3.63) is 120 Å². The third kappa shape index (κ3) is 13.7. The van der Waals surface area contributed by atoms with Crippen LogP contribution >= 0.6 is 31.1 Å². The summed E-state index contributed by atoms with van der Waals surface area (Å²) in [6.45, 7) is 5.61. The first-order valence-corrected chi connectivity index (χ1v) is 22.5. The maximum absolute atomic E-state index is 15.1. The normalized spacial score (nSPS) is 12.3. The summed E-state index contributed by atoms with van der Waals surface area (Å²) in [5.41, 5.74) is 1.80. The topological polar surface area (TPSA) is 123 Å². The Hall–Kier alpha value is -4.38. The van der Waals surface area contributed by atoms with Gasteiger partial charge in [0.15, 0.2) is 5.78 Å². The molecule has 10 nitrogen and oxygen atoms in total. The molecule has 4 aromatic carbocycles. The number of unbranched alkanes of at least 4 members (excludes halogenated alkanes) is 1. The Kier molecular flexibility index (Phi) is 17.5. The van der Waals surface area contributed by atoms with Crippen molar-refractivity contribution in [3.8, 4) is 11.5 Å². The van der Waals surface area contributed by atoms with E-state index < -0.39 is 43.2 Å². The summed E-state index contributed by atoms with van der Waals surface area (Å²) in [4.78, 5) is 44.7. The van der Waals surface area contributed by atoms with Gasteiger partial charge in [0.2, 0.25) is 11.8 Å². The molecule has 0 fully saturated rings. The summed E-state index contributed by atoms with van der Waals surface area (Å²) >= 11 is 3.13. The standard InChI is InChI=1S/C42H52N3O7PS2/c1-6-7-28-45(39(46)29-43-42(48)50-30-33-16-12-9-13-17-33)38(27-18-32-14-10-8-11-15-32)40(47)44-41(31(2)3)53(49,51-34-19-23-36(54-4)24-20-34)52-35-21-25-37(55-5)26-22-35/h8-17,19-26,31,38,41H,6-7,18,27-30H2,1-5H3,(H,43,48)(H,44,47)/t38-,41-/m0/s1. The van der Waals surface area contributed by atoms with Gasteiger partial charge < -0.3 is 29.3 Å². The minimum atomic E-state index is -4.20. The fourth-order valence-electron chi connectivity index (χ4n) is 5.73. The van der Waals surface area contributed by atoms with Gasteiger partial charge in [0.1, 0.15) is 30.7 Å². The molecule has 0 aliphatic heterocycles. The van der Waals surface area contributed by atoms with E-state index in [9.17, 15) is 14.4 Å². The number of alkyl carbamates (subject to hydrolysis) is 1. The van der Waals surface area contributed by atoms with Gasteiger partial charge in [0, 0.05) is 16.3 Å². The lowest BCUT2D eigenvalue weighted by Crippen LogP contribution is -2.55. The van der Waals surface area contributed by atoms with Gasteiger partial charge >= 0.3 is 13.7 Å². The summed E-state index contributed by atoms with van der Waals surface area (Å²) in [7, 11) is -4.20. The average Bonchev–Trinajstić information content (AvgIpc) is 3.20. The van der Waals surface area contributed by atoms with Crippen molar-refractivity contribution < 1.29 is 32.7 Å². The summed E-state index contributed by atoms with van der Waals surface area (Å²) in [6.07, 6.45) is 5.32. The third-order valence-electron chi connectivity index (χ3n) is 8.74. The van der Waals surface area contributed by atoms with Crippen LogP contribution in [0.5, 0.6) is 11.5 Å². The van der Waals surface area contributed by atoms with Crippen molar-refractivity contribution in [2.45, 2.75) is 74.7 Å². The molecule has 2 N–H and O–H groups in total. The first-order chi connectivity index (χ1) is 26.5. The molecule has 0 saturated carbocycles. The Morgan fingerprint density at radius 1 is 0.764 bits per heavy atom. The lowest BCUT2D eigenvalue weighted by atomic mass is 10.0. The maximum atomic E-state index is 15.1. The highest BCUT2D eigenvalue weighted by atomic mass is 32.2. The van der Waals surface area contributed by atoms with E-state index in [2.05, 4.69) is 10.6 Å². The summed E-state index contributed by atoms with van der Waals surface area (Å²) in [5, 5.41) is 5.59. The highest BCUT2D eigenvalue weighted by Crippen LogP contribution is 2.54. The van der Waals surface area contributed by atoms with E-state index in [0.717, 1.165) is 27.3 Å². The lowest BCUT2D eigenvalue weighted by Gasteiger charge is -2.35. The summed E-state index contributed by atoms with van der Waals surface area (Å²) < 4.78 is 33.0. The molecule has 2 atom stereocenters. The number of ether oxygens (including phenoxy) is 1. The molecule has 0 heterocycles. The maximum Gasteiger partial charge on any atom is 0.453 e. The third-order valence-corrected chi connectivity index (χ3v) is 12.6. The van der Waals surface area contributed by atoms with Crippen molar-refractivity contribution in [1.29, 1.82) is 0 Å². The van der Waals surface area contributed by atoms with Crippen LogP contribution in [-0.4, -0.2) is 60.2 Å². The van der Waals surface area contributed by atoms with Gasteiger partial charge in [-0.2, -0.15) is 0 Å². The molecule has 0 spiro atoms. The molecule has 4 aromatic rings. The molecular weight excluding hydrogens is 754 g/mol. The zero-order chi connectivity index (χ0) is 39.6. The number of amides is 3. The van der Waals surface area contributed by atoms with E-state index in [4.69, 9.17) is 13.8 Å². The fourth-order valence-corrected chi connectivity index (χ4v) is 8.66. The number of benzene rings is 4. The number of rotatable bonds is 21. The Morgan fingerprint density at radius 3 is 1.78 bits per heavy atom. The number of thioether (sulfide) groups is 2. The molecular formula is C42H52N3O7PS2. The van der Waals surface area contributed by atoms with Crippen LogP contribution in [0.15, 0.2) is 119 Å². The number of hydrogen-bond acceptors (Lipinski definition) is 9. The van der Waals surface area contributed by atoms with Gasteiger partial charge in [-0.15, -0.1) is 23.5 Å². The summed E-state index contributed by atoms with van der Waals surface area (Å²) in [5.74, 6) is -1.82. The molecule has 55 heavy (non-hydrogen) atoms. The first kappa shape index (κ1) is 43.3. The van der Waals surface area contributed by atoms with Crippen molar-refractivity contribution in [2.75, 3.05) is 25.6 Å². The van der Waals surface area contributed by atoms with E-state index in [0.29, 0.717) is 24.3 Å². The predicted molar refractivity (Wildman–Crippen MR) is 222 cm³/mol. The highest BCUT2D eigenvalue weighted by molar-refractivity contribution is 7.98. The van der Waals surface area contributed by atoms with Gasteiger partial charge in [-0.3, -0.25) is 9.59 Å². The van der Waals surface area contributed by atoms with Gasteiger partial charge in [0.25, 0.3) is 0 Å². The van der Waals surface area contributed by atoms with Gasteiger partial charge in [-0.1, -0.05) is 87.9 Å². The van der Waals surface area contributed by atoms with E-state index in [-0.39, 0.29) is 26.1 Å². The zero-order valence-corrected chi connectivity index (χ0v) is 34.7. The Morgan fingerprint density at radius 2 is 1.29 bits per heavy atom. The quantitative estimate of drug-likeness (QED) is 0.0627. The number of carbonyl (C=O) groups is 3. The number of aryl methyl sites for hydroxylation is 1. The minimum absolute atomic E-state index is 0.0483. The van der Waals surface area contributed by atoms with Gasteiger partial charge in [0.05, 0.1) is 0 Å². The first-order valence-electron chi connectivity index (χ1n) is 18.4. The van der Waals surface area contributed by atoms with Crippen LogP contribution in [0.2, 0.25) is 0 Å². The molecule has 0 radical (unpaired) electrons. The molecule has 0 bridgehead atoms. The monoisotopic (exact) mass is 805 g/mol. The van der Waals surface area contributed by atoms with Crippen LogP contribution < -0.4 is 19.7 Å².